The molecule has 0 spiro atoms. The monoisotopic (exact) mass is 389 g/mol. The predicted octanol–water partition coefficient (Wildman–Crippen LogP) is 3.68. The molecule has 2 aromatic rings. The molecule has 0 radical (unpaired) electrons. The largest absolute Gasteiger partial charge is 0.450 e. The fourth-order valence-electron chi connectivity index (χ4n) is 1.51. The zero-order valence-corrected chi connectivity index (χ0v) is 15.2. The lowest BCUT2D eigenvalue weighted by molar-refractivity contribution is -0.117. The van der Waals surface area contributed by atoms with Gasteiger partial charge in [-0.1, -0.05) is 34.7 Å². The Morgan fingerprint density at radius 3 is 2.78 bits per heavy atom. The maximum atomic E-state index is 11.6. The minimum atomic E-state index is -0.752. The fourth-order valence-corrected chi connectivity index (χ4v) is 3.80. The summed E-state index contributed by atoms with van der Waals surface area (Å²) < 4.78 is 7.41. The zero-order chi connectivity index (χ0) is 16.8. The first-order valence-corrected chi connectivity index (χ1v) is 9.04. The number of alkyl carbamates (subject to hydrolysis) is 1. The van der Waals surface area contributed by atoms with Gasteiger partial charge in [0.05, 0.1) is 18.0 Å². The molecular formula is C13H12ClN3O3S3. The molecule has 6 nitrogen and oxygen atoms in total. The van der Waals surface area contributed by atoms with Crippen LogP contribution in [0.25, 0.3) is 5.69 Å². The summed E-state index contributed by atoms with van der Waals surface area (Å²) in [5, 5.41) is 7.10. The van der Waals surface area contributed by atoms with E-state index in [9.17, 15) is 9.59 Å². The lowest BCUT2D eigenvalue weighted by Crippen LogP contribution is -2.32. The van der Waals surface area contributed by atoms with Gasteiger partial charge in [0.15, 0.2) is 8.29 Å². The van der Waals surface area contributed by atoms with Crippen molar-refractivity contribution < 1.29 is 14.3 Å². The molecule has 1 N–H and O–H groups in total. The molecule has 1 aromatic carbocycles. The molecule has 0 aliphatic carbocycles. The lowest BCUT2D eigenvalue weighted by Gasteiger charge is -2.02. The van der Waals surface area contributed by atoms with Crippen molar-refractivity contribution in [1.82, 2.24) is 15.1 Å². The molecule has 0 atom stereocenters. The van der Waals surface area contributed by atoms with E-state index in [0.717, 1.165) is 5.69 Å². The molecular weight excluding hydrogens is 378 g/mol. The van der Waals surface area contributed by atoms with Crippen LogP contribution in [-0.4, -0.2) is 34.1 Å². The SMILES string of the molecule is CCOC(=O)NC(=O)CSc1nn(-c2ccc(Cl)cc2)c(=S)s1. The van der Waals surface area contributed by atoms with Crippen LogP contribution in [0.4, 0.5) is 4.79 Å². The van der Waals surface area contributed by atoms with Gasteiger partial charge in [-0.2, -0.15) is 0 Å². The quantitative estimate of drug-likeness (QED) is 0.621. The van der Waals surface area contributed by atoms with Crippen LogP contribution in [0.5, 0.6) is 0 Å². The Morgan fingerprint density at radius 1 is 1.43 bits per heavy atom. The van der Waals surface area contributed by atoms with Crippen LogP contribution in [0, 0.1) is 3.95 Å². The van der Waals surface area contributed by atoms with Gasteiger partial charge in [-0.15, -0.1) is 5.10 Å². The third-order valence-corrected chi connectivity index (χ3v) is 5.06. The van der Waals surface area contributed by atoms with E-state index in [1.165, 1.54) is 23.1 Å². The summed E-state index contributed by atoms with van der Waals surface area (Å²) in [6, 6.07) is 7.11. The average molecular weight is 390 g/mol. The molecule has 1 heterocycles. The van der Waals surface area contributed by atoms with Gasteiger partial charge in [0.2, 0.25) is 5.91 Å². The molecule has 0 fully saturated rings. The van der Waals surface area contributed by atoms with Crippen molar-refractivity contribution in [2.45, 2.75) is 11.3 Å². The standard InChI is InChI=1S/C13H12ClN3O3S3/c1-2-20-11(19)15-10(18)7-22-12-16-17(13(21)23-12)9-5-3-8(14)4-6-9/h3-6H,2,7H2,1H3,(H,15,18,19). The second-order valence-electron chi connectivity index (χ2n) is 4.08. The Morgan fingerprint density at radius 2 is 2.13 bits per heavy atom. The first-order chi connectivity index (χ1) is 11.0. The summed E-state index contributed by atoms with van der Waals surface area (Å²) in [7, 11) is 0. The van der Waals surface area contributed by atoms with Crippen molar-refractivity contribution in [3.63, 3.8) is 0 Å². The number of aromatic nitrogens is 2. The first kappa shape index (κ1) is 17.9. The maximum Gasteiger partial charge on any atom is 0.413 e. The third-order valence-electron chi connectivity index (χ3n) is 2.44. The van der Waals surface area contributed by atoms with Crippen LogP contribution in [-0.2, 0) is 9.53 Å². The average Bonchev–Trinajstić information content (AvgIpc) is 2.87. The molecule has 10 heteroatoms. The molecule has 0 aliphatic rings. The van der Waals surface area contributed by atoms with E-state index in [4.69, 9.17) is 23.8 Å². The molecule has 0 bridgehead atoms. The number of thioether (sulfide) groups is 1. The van der Waals surface area contributed by atoms with E-state index in [1.807, 2.05) is 0 Å². The van der Waals surface area contributed by atoms with Crippen LogP contribution in [0.3, 0.4) is 0 Å². The van der Waals surface area contributed by atoms with Gasteiger partial charge in [-0.25, -0.2) is 9.48 Å². The number of nitrogens with zero attached hydrogens (tertiary/aromatic N) is 2. The summed E-state index contributed by atoms with van der Waals surface area (Å²) in [6.45, 7) is 1.87. The van der Waals surface area contributed by atoms with Crippen LogP contribution in [0.2, 0.25) is 5.02 Å². The predicted molar refractivity (Wildman–Crippen MR) is 93.2 cm³/mol. The molecule has 122 valence electrons. The minimum Gasteiger partial charge on any atom is -0.450 e. The van der Waals surface area contributed by atoms with Gasteiger partial charge >= 0.3 is 6.09 Å². The topological polar surface area (TPSA) is 73.2 Å². The number of halogens is 1. The molecule has 0 saturated carbocycles. The van der Waals surface area contributed by atoms with Gasteiger partial charge in [-0.05, 0) is 43.4 Å². The summed E-state index contributed by atoms with van der Waals surface area (Å²) >= 11 is 13.6. The number of nitrogens with one attached hydrogen (secondary N) is 1. The minimum absolute atomic E-state index is 0.0434. The Kier molecular flexibility index (Phi) is 6.58. The van der Waals surface area contributed by atoms with Crippen molar-refractivity contribution in [1.29, 1.82) is 0 Å². The molecule has 0 aliphatic heterocycles. The van der Waals surface area contributed by atoms with Gasteiger partial charge in [0.25, 0.3) is 0 Å². The third kappa shape index (κ3) is 5.31. The van der Waals surface area contributed by atoms with E-state index < -0.39 is 12.0 Å². The number of carbonyl (C=O) groups is 2. The zero-order valence-electron chi connectivity index (χ0n) is 11.9. The van der Waals surface area contributed by atoms with E-state index in [0.29, 0.717) is 13.3 Å². The van der Waals surface area contributed by atoms with Crippen LogP contribution < -0.4 is 5.32 Å². The Balaban J connectivity index is 1.99. The molecule has 2 amide bonds. The summed E-state index contributed by atoms with van der Waals surface area (Å²) in [5.74, 6) is -0.408. The van der Waals surface area contributed by atoms with Crippen molar-refractivity contribution >= 4 is 58.9 Å². The maximum absolute atomic E-state index is 11.6. The lowest BCUT2D eigenvalue weighted by atomic mass is 10.3. The number of rotatable bonds is 5. The van der Waals surface area contributed by atoms with E-state index in [-0.39, 0.29) is 12.4 Å². The number of hydrogen-bond donors (Lipinski definition) is 1. The number of benzene rings is 1. The van der Waals surface area contributed by atoms with Crippen LogP contribution in [0.1, 0.15) is 6.92 Å². The highest BCUT2D eigenvalue weighted by Gasteiger charge is 2.12. The van der Waals surface area contributed by atoms with Crippen molar-refractivity contribution in [3.05, 3.63) is 33.2 Å². The molecule has 0 saturated heterocycles. The molecule has 2 rings (SSSR count). The smallest absolute Gasteiger partial charge is 0.413 e. The van der Waals surface area contributed by atoms with Gasteiger partial charge < -0.3 is 4.74 Å². The fraction of sp³-hybridized carbons (Fsp3) is 0.231. The van der Waals surface area contributed by atoms with Crippen LogP contribution in [0.15, 0.2) is 28.6 Å². The highest BCUT2D eigenvalue weighted by atomic mass is 35.5. The number of ether oxygens (including phenoxy) is 1. The Hall–Kier alpha value is -1.42. The summed E-state index contributed by atoms with van der Waals surface area (Å²) in [5.41, 5.74) is 0.790. The Labute approximate surface area is 150 Å². The summed E-state index contributed by atoms with van der Waals surface area (Å²) in [6.07, 6.45) is -0.752. The van der Waals surface area contributed by atoms with Gasteiger partial charge in [0.1, 0.15) is 0 Å². The molecule has 0 unspecified atom stereocenters. The van der Waals surface area contributed by atoms with E-state index in [2.05, 4.69) is 15.2 Å². The van der Waals surface area contributed by atoms with E-state index in [1.54, 1.807) is 35.9 Å². The van der Waals surface area contributed by atoms with Crippen molar-refractivity contribution in [3.8, 4) is 5.69 Å². The summed E-state index contributed by atoms with van der Waals surface area (Å²) in [4.78, 5) is 22.7. The normalized spacial score (nSPS) is 10.3. The number of hydrogen-bond acceptors (Lipinski definition) is 7. The molecule has 1 aromatic heterocycles. The first-order valence-electron chi connectivity index (χ1n) is 6.45. The van der Waals surface area contributed by atoms with Gasteiger partial charge in [0, 0.05) is 5.02 Å². The van der Waals surface area contributed by atoms with Gasteiger partial charge in [-0.3, -0.25) is 10.1 Å². The number of imide groups is 1. The second kappa shape index (κ2) is 8.44. The Bertz CT molecular complexity index is 758. The second-order valence-corrected chi connectivity index (χ2v) is 7.36. The van der Waals surface area contributed by atoms with E-state index >= 15 is 0 Å². The van der Waals surface area contributed by atoms with Crippen molar-refractivity contribution in [2.75, 3.05) is 12.4 Å². The number of amides is 2. The molecule has 23 heavy (non-hydrogen) atoms. The van der Waals surface area contributed by atoms with Crippen molar-refractivity contribution in [2.24, 2.45) is 0 Å². The number of carbonyl (C=O) groups excluding carboxylic acids is 2. The highest BCUT2D eigenvalue weighted by Crippen LogP contribution is 2.24. The van der Waals surface area contributed by atoms with Crippen LogP contribution >= 0.6 is 46.9 Å². The highest BCUT2D eigenvalue weighted by molar-refractivity contribution is 8.01.